The second-order valence-corrected chi connectivity index (χ2v) is 5.44. The molecule has 0 bridgehead atoms. The molecule has 0 aromatic carbocycles. The number of nitrogens with one attached hydrogen (secondary N) is 1. The van der Waals surface area contributed by atoms with Gasteiger partial charge in [-0.3, -0.25) is 4.79 Å². The Hall–Kier alpha value is -0.390. The van der Waals surface area contributed by atoms with E-state index in [9.17, 15) is 4.79 Å². The minimum absolute atomic E-state index is 0.0537. The zero-order valence-corrected chi connectivity index (χ0v) is 10.9. The van der Waals surface area contributed by atoms with Crippen molar-refractivity contribution in [3.8, 4) is 0 Å². The monoisotopic (exact) mass is 291 g/mol. The molecule has 0 radical (unpaired) electrons. The molecule has 1 atom stereocenters. The summed E-state index contributed by atoms with van der Waals surface area (Å²) in [5.41, 5.74) is 0. The summed E-state index contributed by atoms with van der Waals surface area (Å²) in [5, 5.41) is 4.82. The molecular weight excluding hydrogens is 278 g/mol. The SMILES string of the molecule is COCC(Br)CNC(=O)Cc1cccs1. The number of methoxy groups -OCH3 is 1. The van der Waals surface area contributed by atoms with Gasteiger partial charge in [0.2, 0.25) is 5.91 Å². The van der Waals surface area contributed by atoms with Crippen LogP contribution < -0.4 is 5.32 Å². The number of carbonyl (C=O) groups is 1. The van der Waals surface area contributed by atoms with Gasteiger partial charge in [0, 0.05) is 18.5 Å². The lowest BCUT2D eigenvalue weighted by molar-refractivity contribution is -0.120. The molecule has 1 amide bonds. The predicted octanol–water partition coefficient (Wildman–Crippen LogP) is 1.82. The molecule has 0 aliphatic rings. The second-order valence-electron chi connectivity index (χ2n) is 3.11. The van der Waals surface area contributed by atoms with E-state index in [4.69, 9.17) is 4.74 Å². The number of amides is 1. The van der Waals surface area contributed by atoms with Gasteiger partial charge < -0.3 is 10.1 Å². The molecule has 1 rings (SSSR count). The number of rotatable bonds is 6. The first kappa shape index (κ1) is 12.7. The first-order chi connectivity index (χ1) is 7.22. The molecule has 1 aromatic rings. The van der Waals surface area contributed by atoms with Gasteiger partial charge in [-0.15, -0.1) is 11.3 Å². The molecule has 1 aromatic heterocycles. The lowest BCUT2D eigenvalue weighted by atomic mass is 10.3. The third-order valence-corrected chi connectivity index (χ3v) is 3.25. The van der Waals surface area contributed by atoms with Crippen LogP contribution >= 0.6 is 27.3 Å². The first-order valence-electron chi connectivity index (χ1n) is 4.64. The molecular formula is C10H14BrNO2S. The molecule has 0 fully saturated rings. The summed E-state index contributed by atoms with van der Waals surface area (Å²) in [6, 6.07) is 3.91. The summed E-state index contributed by atoms with van der Waals surface area (Å²) in [6.07, 6.45) is 0.463. The average Bonchev–Trinajstić information content (AvgIpc) is 2.68. The Morgan fingerprint density at radius 3 is 3.13 bits per heavy atom. The van der Waals surface area contributed by atoms with Crippen LogP contribution in [0.3, 0.4) is 0 Å². The van der Waals surface area contributed by atoms with E-state index in [1.807, 2.05) is 17.5 Å². The van der Waals surface area contributed by atoms with Crippen molar-refractivity contribution in [3.63, 3.8) is 0 Å². The normalized spacial score (nSPS) is 12.4. The van der Waals surface area contributed by atoms with Gasteiger partial charge in [-0.25, -0.2) is 0 Å². The maximum atomic E-state index is 11.5. The Kier molecular flexibility index (Phi) is 5.90. The minimum Gasteiger partial charge on any atom is -0.383 e. The highest BCUT2D eigenvalue weighted by Crippen LogP contribution is 2.08. The topological polar surface area (TPSA) is 38.3 Å². The van der Waals surface area contributed by atoms with Crippen LogP contribution in [-0.2, 0) is 16.0 Å². The number of carbonyl (C=O) groups excluding carboxylic acids is 1. The lowest BCUT2D eigenvalue weighted by Gasteiger charge is -2.09. The van der Waals surface area contributed by atoms with Gasteiger partial charge in [0.15, 0.2) is 0 Å². The van der Waals surface area contributed by atoms with Crippen LogP contribution in [0.2, 0.25) is 0 Å². The number of thiophene rings is 1. The van der Waals surface area contributed by atoms with Gasteiger partial charge in [-0.05, 0) is 11.4 Å². The summed E-state index contributed by atoms with van der Waals surface area (Å²) in [6.45, 7) is 1.19. The summed E-state index contributed by atoms with van der Waals surface area (Å²) in [4.78, 5) is 12.7. The maximum absolute atomic E-state index is 11.5. The van der Waals surface area contributed by atoms with E-state index in [2.05, 4.69) is 21.2 Å². The number of ether oxygens (including phenoxy) is 1. The highest BCUT2D eigenvalue weighted by atomic mass is 79.9. The predicted molar refractivity (Wildman–Crippen MR) is 65.6 cm³/mol. The fourth-order valence-corrected chi connectivity index (χ4v) is 2.23. The summed E-state index contributed by atoms with van der Waals surface area (Å²) < 4.78 is 4.95. The smallest absolute Gasteiger partial charge is 0.225 e. The van der Waals surface area contributed by atoms with E-state index in [1.54, 1.807) is 18.4 Å². The van der Waals surface area contributed by atoms with Crippen molar-refractivity contribution in [1.29, 1.82) is 0 Å². The largest absolute Gasteiger partial charge is 0.383 e. The van der Waals surface area contributed by atoms with Crippen LogP contribution in [-0.4, -0.2) is 31.0 Å². The van der Waals surface area contributed by atoms with Gasteiger partial charge in [-0.1, -0.05) is 22.0 Å². The molecule has 0 aliphatic heterocycles. The van der Waals surface area contributed by atoms with Gasteiger partial charge in [0.1, 0.15) is 0 Å². The third kappa shape index (κ3) is 5.30. The molecule has 1 unspecified atom stereocenters. The van der Waals surface area contributed by atoms with Crippen LogP contribution in [0.4, 0.5) is 0 Å². The fourth-order valence-electron chi connectivity index (χ4n) is 1.10. The molecule has 15 heavy (non-hydrogen) atoms. The van der Waals surface area contributed by atoms with Crippen molar-refractivity contribution in [3.05, 3.63) is 22.4 Å². The summed E-state index contributed by atoms with van der Waals surface area (Å²) >= 11 is 5.01. The van der Waals surface area contributed by atoms with E-state index in [1.165, 1.54) is 0 Å². The van der Waals surface area contributed by atoms with Crippen molar-refractivity contribution < 1.29 is 9.53 Å². The Morgan fingerprint density at radius 1 is 1.73 bits per heavy atom. The van der Waals surface area contributed by atoms with Crippen molar-refractivity contribution in [2.45, 2.75) is 11.2 Å². The fraction of sp³-hybridized carbons (Fsp3) is 0.500. The van der Waals surface area contributed by atoms with Crippen molar-refractivity contribution in [1.82, 2.24) is 5.32 Å². The van der Waals surface area contributed by atoms with Crippen LogP contribution in [0.5, 0.6) is 0 Å². The number of halogens is 1. The third-order valence-electron chi connectivity index (χ3n) is 1.78. The number of hydrogen-bond donors (Lipinski definition) is 1. The van der Waals surface area contributed by atoms with E-state index in [0.29, 0.717) is 19.6 Å². The van der Waals surface area contributed by atoms with Crippen LogP contribution in [0.25, 0.3) is 0 Å². The Labute approximate surface area is 102 Å². The Morgan fingerprint density at radius 2 is 2.53 bits per heavy atom. The molecule has 1 heterocycles. The Balaban J connectivity index is 2.19. The minimum atomic E-state index is 0.0537. The number of hydrogen-bond acceptors (Lipinski definition) is 3. The standard InChI is InChI=1S/C10H14BrNO2S/c1-14-7-8(11)6-12-10(13)5-9-3-2-4-15-9/h2-4,8H,5-7H2,1H3,(H,12,13). The Bertz CT molecular complexity index is 290. The molecule has 5 heteroatoms. The zero-order valence-electron chi connectivity index (χ0n) is 8.53. The molecule has 0 saturated carbocycles. The molecule has 84 valence electrons. The first-order valence-corrected chi connectivity index (χ1v) is 6.44. The lowest BCUT2D eigenvalue weighted by Crippen LogP contribution is -2.32. The quantitative estimate of drug-likeness (QED) is 0.812. The summed E-state index contributed by atoms with van der Waals surface area (Å²) in [5.74, 6) is 0.0537. The zero-order chi connectivity index (χ0) is 11.1. The molecule has 1 N–H and O–H groups in total. The van der Waals surface area contributed by atoms with Crippen LogP contribution in [0, 0.1) is 0 Å². The van der Waals surface area contributed by atoms with Crippen LogP contribution in [0.1, 0.15) is 4.88 Å². The second kappa shape index (κ2) is 6.98. The van der Waals surface area contributed by atoms with Crippen LogP contribution in [0.15, 0.2) is 17.5 Å². The van der Waals surface area contributed by atoms with Gasteiger partial charge in [-0.2, -0.15) is 0 Å². The van der Waals surface area contributed by atoms with Gasteiger partial charge in [0.25, 0.3) is 0 Å². The molecule has 3 nitrogen and oxygen atoms in total. The summed E-state index contributed by atoms with van der Waals surface area (Å²) in [7, 11) is 1.64. The highest BCUT2D eigenvalue weighted by molar-refractivity contribution is 9.09. The van der Waals surface area contributed by atoms with E-state index in [-0.39, 0.29) is 10.7 Å². The van der Waals surface area contributed by atoms with E-state index in [0.717, 1.165) is 4.88 Å². The van der Waals surface area contributed by atoms with E-state index < -0.39 is 0 Å². The van der Waals surface area contributed by atoms with Crippen molar-refractivity contribution in [2.24, 2.45) is 0 Å². The van der Waals surface area contributed by atoms with Gasteiger partial charge >= 0.3 is 0 Å². The molecule has 0 saturated heterocycles. The van der Waals surface area contributed by atoms with Gasteiger partial charge in [0.05, 0.1) is 17.9 Å². The molecule has 0 spiro atoms. The van der Waals surface area contributed by atoms with E-state index >= 15 is 0 Å². The highest BCUT2D eigenvalue weighted by Gasteiger charge is 2.07. The van der Waals surface area contributed by atoms with Crippen molar-refractivity contribution in [2.75, 3.05) is 20.3 Å². The number of alkyl halides is 1. The maximum Gasteiger partial charge on any atom is 0.225 e. The van der Waals surface area contributed by atoms with Crippen molar-refractivity contribution >= 4 is 33.2 Å². The molecule has 0 aliphatic carbocycles. The average molecular weight is 292 g/mol.